The van der Waals surface area contributed by atoms with Gasteiger partial charge in [-0.15, -0.1) is 0 Å². The SMILES string of the molecule is NCCCn1c(=O)ccn(Cc2ccc(I)cc2)c1=O. The van der Waals surface area contributed by atoms with Crippen LogP contribution >= 0.6 is 22.6 Å². The van der Waals surface area contributed by atoms with Crippen LogP contribution < -0.4 is 17.0 Å². The van der Waals surface area contributed by atoms with Crippen LogP contribution in [0, 0.1) is 3.57 Å². The molecule has 0 unspecified atom stereocenters. The van der Waals surface area contributed by atoms with Gasteiger partial charge in [0.1, 0.15) is 0 Å². The third kappa shape index (κ3) is 3.57. The molecule has 1 aromatic carbocycles. The van der Waals surface area contributed by atoms with Crippen LogP contribution in [0.2, 0.25) is 0 Å². The third-order valence-electron chi connectivity index (χ3n) is 2.99. The van der Waals surface area contributed by atoms with Crippen molar-refractivity contribution in [2.75, 3.05) is 6.54 Å². The van der Waals surface area contributed by atoms with Gasteiger partial charge in [0.2, 0.25) is 0 Å². The molecule has 0 aliphatic heterocycles. The van der Waals surface area contributed by atoms with Crippen LogP contribution in [0.15, 0.2) is 46.1 Å². The number of rotatable bonds is 5. The molecule has 0 amide bonds. The summed E-state index contributed by atoms with van der Waals surface area (Å²) in [5.74, 6) is 0. The van der Waals surface area contributed by atoms with Gasteiger partial charge in [-0.3, -0.25) is 13.9 Å². The Labute approximate surface area is 130 Å². The summed E-state index contributed by atoms with van der Waals surface area (Å²) in [5, 5.41) is 0. The second kappa shape index (κ2) is 6.85. The van der Waals surface area contributed by atoms with E-state index in [0.29, 0.717) is 26.1 Å². The number of halogens is 1. The molecule has 0 saturated heterocycles. The Kier molecular flexibility index (Phi) is 5.13. The molecule has 0 atom stereocenters. The first-order valence-electron chi connectivity index (χ1n) is 6.36. The lowest BCUT2D eigenvalue weighted by Gasteiger charge is -2.09. The van der Waals surface area contributed by atoms with E-state index >= 15 is 0 Å². The molecule has 6 heteroatoms. The molecule has 0 aliphatic carbocycles. The van der Waals surface area contributed by atoms with Gasteiger partial charge >= 0.3 is 5.69 Å². The molecular weight excluding hydrogens is 369 g/mol. The van der Waals surface area contributed by atoms with Gasteiger partial charge in [0, 0.05) is 22.4 Å². The molecule has 1 heterocycles. The van der Waals surface area contributed by atoms with E-state index in [1.165, 1.54) is 10.6 Å². The first-order chi connectivity index (χ1) is 9.61. The van der Waals surface area contributed by atoms with Crippen molar-refractivity contribution in [1.29, 1.82) is 0 Å². The van der Waals surface area contributed by atoms with E-state index in [2.05, 4.69) is 22.6 Å². The number of hydrogen-bond acceptors (Lipinski definition) is 3. The molecule has 2 N–H and O–H groups in total. The topological polar surface area (TPSA) is 70.0 Å². The molecule has 0 aliphatic rings. The molecule has 0 fully saturated rings. The molecular formula is C14H16IN3O2. The Morgan fingerprint density at radius 3 is 2.45 bits per heavy atom. The third-order valence-corrected chi connectivity index (χ3v) is 3.71. The van der Waals surface area contributed by atoms with E-state index in [-0.39, 0.29) is 11.2 Å². The number of aromatic nitrogens is 2. The Morgan fingerprint density at radius 2 is 1.80 bits per heavy atom. The van der Waals surface area contributed by atoms with Gasteiger partial charge in [-0.2, -0.15) is 0 Å². The van der Waals surface area contributed by atoms with Crippen LogP contribution in [0.5, 0.6) is 0 Å². The molecule has 20 heavy (non-hydrogen) atoms. The van der Waals surface area contributed by atoms with E-state index < -0.39 is 0 Å². The highest BCUT2D eigenvalue weighted by Crippen LogP contribution is 2.07. The molecule has 5 nitrogen and oxygen atoms in total. The van der Waals surface area contributed by atoms with E-state index in [9.17, 15) is 9.59 Å². The van der Waals surface area contributed by atoms with Crippen LogP contribution in [0.3, 0.4) is 0 Å². The normalized spacial score (nSPS) is 10.7. The van der Waals surface area contributed by atoms with Gasteiger partial charge in [-0.1, -0.05) is 12.1 Å². The maximum absolute atomic E-state index is 12.3. The highest BCUT2D eigenvalue weighted by molar-refractivity contribution is 14.1. The van der Waals surface area contributed by atoms with Gasteiger partial charge in [-0.05, 0) is 53.3 Å². The molecule has 0 bridgehead atoms. The number of nitrogens with zero attached hydrogens (tertiary/aromatic N) is 2. The van der Waals surface area contributed by atoms with Crippen molar-refractivity contribution in [2.45, 2.75) is 19.5 Å². The highest BCUT2D eigenvalue weighted by atomic mass is 127. The Morgan fingerprint density at radius 1 is 1.10 bits per heavy atom. The van der Waals surface area contributed by atoms with E-state index in [1.54, 1.807) is 10.8 Å². The maximum atomic E-state index is 12.3. The van der Waals surface area contributed by atoms with E-state index in [0.717, 1.165) is 9.13 Å². The smallest absolute Gasteiger partial charge is 0.330 e. The predicted molar refractivity (Wildman–Crippen MR) is 86.9 cm³/mol. The monoisotopic (exact) mass is 385 g/mol. The van der Waals surface area contributed by atoms with Crippen molar-refractivity contribution in [3.8, 4) is 0 Å². The fourth-order valence-electron chi connectivity index (χ4n) is 1.92. The minimum atomic E-state index is -0.287. The lowest BCUT2D eigenvalue weighted by molar-refractivity contribution is 0.554. The van der Waals surface area contributed by atoms with Crippen LogP contribution in [-0.4, -0.2) is 15.7 Å². The molecule has 2 rings (SSSR count). The summed E-state index contributed by atoms with van der Waals surface area (Å²) in [6.07, 6.45) is 2.16. The second-order valence-electron chi connectivity index (χ2n) is 4.48. The summed E-state index contributed by atoms with van der Waals surface area (Å²) in [4.78, 5) is 24.0. The summed E-state index contributed by atoms with van der Waals surface area (Å²) >= 11 is 2.23. The molecule has 1 aromatic heterocycles. The predicted octanol–water partition coefficient (Wildman–Crippen LogP) is 1.01. The zero-order valence-electron chi connectivity index (χ0n) is 11.0. The Bertz CT molecular complexity index is 689. The number of benzene rings is 1. The van der Waals surface area contributed by atoms with Crippen molar-refractivity contribution < 1.29 is 0 Å². The number of hydrogen-bond donors (Lipinski definition) is 1. The zero-order valence-corrected chi connectivity index (χ0v) is 13.1. The van der Waals surface area contributed by atoms with Crippen LogP contribution in [-0.2, 0) is 13.1 Å². The fourth-order valence-corrected chi connectivity index (χ4v) is 2.28. The minimum absolute atomic E-state index is 0.276. The fraction of sp³-hybridized carbons (Fsp3) is 0.286. The van der Waals surface area contributed by atoms with Crippen molar-refractivity contribution in [3.05, 3.63) is 66.5 Å². The summed E-state index contributed by atoms with van der Waals surface area (Å²) in [5.41, 5.74) is 5.89. The zero-order chi connectivity index (χ0) is 14.5. The quantitative estimate of drug-likeness (QED) is 0.782. The lowest BCUT2D eigenvalue weighted by Crippen LogP contribution is -2.39. The standard InChI is InChI=1S/C14H16IN3O2/c15-12-4-2-11(3-5-12)10-17-9-6-13(19)18(14(17)20)8-1-7-16/h2-6,9H,1,7-8,10,16H2. The number of nitrogens with two attached hydrogens (primary N) is 1. The molecule has 106 valence electrons. The minimum Gasteiger partial charge on any atom is -0.330 e. The van der Waals surface area contributed by atoms with Gasteiger partial charge in [0.25, 0.3) is 5.56 Å². The van der Waals surface area contributed by atoms with Crippen LogP contribution in [0.4, 0.5) is 0 Å². The lowest BCUT2D eigenvalue weighted by atomic mass is 10.2. The maximum Gasteiger partial charge on any atom is 0.331 e. The summed E-state index contributed by atoms with van der Waals surface area (Å²) in [6.45, 7) is 1.28. The van der Waals surface area contributed by atoms with Gasteiger partial charge in [0.15, 0.2) is 0 Å². The van der Waals surface area contributed by atoms with Crippen LogP contribution in [0.25, 0.3) is 0 Å². The summed E-state index contributed by atoms with van der Waals surface area (Å²) < 4.78 is 3.92. The van der Waals surface area contributed by atoms with Crippen molar-refractivity contribution in [1.82, 2.24) is 9.13 Å². The average Bonchev–Trinajstić information content (AvgIpc) is 2.44. The first-order valence-corrected chi connectivity index (χ1v) is 7.44. The summed E-state index contributed by atoms with van der Waals surface area (Å²) in [7, 11) is 0. The van der Waals surface area contributed by atoms with E-state index in [1.807, 2.05) is 24.3 Å². The van der Waals surface area contributed by atoms with Gasteiger partial charge in [0.05, 0.1) is 6.54 Å². The second-order valence-corrected chi connectivity index (χ2v) is 5.73. The average molecular weight is 385 g/mol. The Hall–Kier alpha value is -1.41. The molecule has 2 aromatic rings. The van der Waals surface area contributed by atoms with Crippen LogP contribution in [0.1, 0.15) is 12.0 Å². The first kappa shape index (κ1) is 15.0. The Balaban J connectivity index is 2.31. The molecule has 0 radical (unpaired) electrons. The van der Waals surface area contributed by atoms with Crippen molar-refractivity contribution in [2.24, 2.45) is 5.73 Å². The van der Waals surface area contributed by atoms with E-state index in [4.69, 9.17) is 5.73 Å². The van der Waals surface area contributed by atoms with Gasteiger partial charge < -0.3 is 5.73 Å². The highest BCUT2D eigenvalue weighted by Gasteiger charge is 2.05. The van der Waals surface area contributed by atoms with Gasteiger partial charge in [-0.25, -0.2) is 4.79 Å². The largest absolute Gasteiger partial charge is 0.331 e. The summed E-state index contributed by atoms with van der Waals surface area (Å²) in [6, 6.07) is 9.36. The van der Waals surface area contributed by atoms with Crippen molar-refractivity contribution >= 4 is 22.6 Å². The molecule has 0 spiro atoms. The molecule has 0 saturated carbocycles. The van der Waals surface area contributed by atoms with Crippen molar-refractivity contribution in [3.63, 3.8) is 0 Å².